The van der Waals surface area contributed by atoms with Crippen molar-refractivity contribution in [2.24, 2.45) is 0 Å². The van der Waals surface area contributed by atoms with E-state index >= 15 is 0 Å². The Kier molecular flexibility index (Phi) is 6.70. The number of hydrogen-bond donors (Lipinski definition) is 0. The minimum Gasteiger partial charge on any atom is -0.450 e. The Bertz CT molecular complexity index is 908. The predicted molar refractivity (Wildman–Crippen MR) is 119 cm³/mol. The molecular weight excluding hydrogens is 414 g/mol. The molecule has 2 aromatic rings. The van der Waals surface area contributed by atoms with Gasteiger partial charge in [0, 0.05) is 50.7 Å². The van der Waals surface area contributed by atoms with E-state index in [2.05, 4.69) is 40.5 Å². The smallest absolute Gasteiger partial charge is 0.409 e. The summed E-state index contributed by atoms with van der Waals surface area (Å²) < 4.78 is 9.60. The Hall–Kier alpha value is -2.68. The van der Waals surface area contributed by atoms with E-state index in [4.69, 9.17) is 9.72 Å². The van der Waals surface area contributed by atoms with E-state index in [9.17, 15) is 9.59 Å². The first-order chi connectivity index (χ1) is 15.0. The number of anilines is 1. The van der Waals surface area contributed by atoms with Gasteiger partial charge >= 0.3 is 6.09 Å². The summed E-state index contributed by atoms with van der Waals surface area (Å²) >= 11 is 1.37. The van der Waals surface area contributed by atoms with Gasteiger partial charge in [-0.2, -0.15) is 4.37 Å². The quantitative estimate of drug-likeness (QED) is 0.707. The van der Waals surface area contributed by atoms with Gasteiger partial charge in [-0.3, -0.25) is 4.79 Å². The second kappa shape index (κ2) is 9.64. The van der Waals surface area contributed by atoms with Crippen molar-refractivity contribution in [2.45, 2.75) is 39.2 Å². The molecule has 2 fully saturated rings. The SMILES string of the molecule is CCOC(=O)N1CCN(C(=O)C2CCCN2c2nc(Cc3ccc(C)cc3)ns2)CC1. The molecule has 2 amide bonds. The summed E-state index contributed by atoms with van der Waals surface area (Å²) in [6.45, 7) is 7.15. The Morgan fingerprint density at radius 2 is 1.81 bits per heavy atom. The van der Waals surface area contributed by atoms with Crippen LogP contribution in [0.1, 0.15) is 36.7 Å². The van der Waals surface area contributed by atoms with Gasteiger partial charge < -0.3 is 19.4 Å². The van der Waals surface area contributed by atoms with Crippen LogP contribution in [0.4, 0.5) is 9.93 Å². The van der Waals surface area contributed by atoms with Crippen molar-refractivity contribution in [1.82, 2.24) is 19.2 Å². The summed E-state index contributed by atoms with van der Waals surface area (Å²) in [6, 6.07) is 8.20. The fourth-order valence-electron chi connectivity index (χ4n) is 4.11. The zero-order valence-corrected chi connectivity index (χ0v) is 18.9. The number of carbonyl (C=O) groups excluding carboxylic acids is 2. The lowest BCUT2D eigenvalue weighted by Gasteiger charge is -2.36. The zero-order valence-electron chi connectivity index (χ0n) is 18.1. The third-order valence-electron chi connectivity index (χ3n) is 5.84. The van der Waals surface area contributed by atoms with Gasteiger partial charge in [0.15, 0.2) is 0 Å². The molecule has 31 heavy (non-hydrogen) atoms. The van der Waals surface area contributed by atoms with Crippen LogP contribution in [-0.2, 0) is 16.0 Å². The fourth-order valence-corrected chi connectivity index (χ4v) is 4.87. The van der Waals surface area contributed by atoms with Gasteiger partial charge in [-0.05, 0) is 32.3 Å². The molecule has 2 aliphatic rings. The number of nitrogens with zero attached hydrogens (tertiary/aromatic N) is 5. The lowest BCUT2D eigenvalue weighted by molar-refractivity contribution is -0.134. The molecule has 1 unspecified atom stereocenters. The zero-order chi connectivity index (χ0) is 21.8. The normalized spacial score (nSPS) is 19.0. The van der Waals surface area contributed by atoms with Gasteiger partial charge in [0.2, 0.25) is 11.0 Å². The summed E-state index contributed by atoms with van der Waals surface area (Å²) in [6.07, 6.45) is 2.18. The number of piperazine rings is 1. The maximum Gasteiger partial charge on any atom is 0.409 e. The van der Waals surface area contributed by atoms with Crippen LogP contribution in [0.15, 0.2) is 24.3 Å². The van der Waals surface area contributed by atoms with Crippen LogP contribution in [-0.4, -0.2) is 76.5 Å². The molecule has 2 saturated heterocycles. The van der Waals surface area contributed by atoms with Crippen LogP contribution in [0.3, 0.4) is 0 Å². The van der Waals surface area contributed by atoms with E-state index in [1.165, 1.54) is 22.7 Å². The maximum atomic E-state index is 13.2. The van der Waals surface area contributed by atoms with Crippen molar-refractivity contribution in [2.75, 3.05) is 44.2 Å². The van der Waals surface area contributed by atoms with E-state index in [-0.39, 0.29) is 18.0 Å². The number of aryl methyl sites for hydroxylation is 1. The predicted octanol–water partition coefficient (Wildman–Crippen LogP) is 2.71. The average Bonchev–Trinajstić information content (AvgIpc) is 3.44. The minimum atomic E-state index is -0.299. The summed E-state index contributed by atoms with van der Waals surface area (Å²) in [5.41, 5.74) is 2.42. The highest BCUT2D eigenvalue weighted by Crippen LogP contribution is 2.29. The molecule has 166 valence electrons. The van der Waals surface area contributed by atoms with E-state index in [0.717, 1.165) is 30.3 Å². The first-order valence-corrected chi connectivity index (χ1v) is 11.7. The van der Waals surface area contributed by atoms with Crippen LogP contribution in [0.2, 0.25) is 0 Å². The fraction of sp³-hybridized carbons (Fsp3) is 0.545. The van der Waals surface area contributed by atoms with Crippen molar-refractivity contribution in [3.05, 3.63) is 41.2 Å². The molecule has 1 aromatic heterocycles. The summed E-state index contributed by atoms with van der Waals surface area (Å²) in [4.78, 5) is 35.5. The van der Waals surface area contributed by atoms with Crippen LogP contribution < -0.4 is 4.90 Å². The Morgan fingerprint density at radius 1 is 1.10 bits per heavy atom. The standard InChI is InChI=1S/C22H29N5O3S/c1-3-30-22(29)26-13-11-25(12-14-26)20(28)18-5-4-10-27(18)21-23-19(24-31-21)15-17-8-6-16(2)7-9-17/h6-9,18H,3-5,10-15H2,1-2H3. The van der Waals surface area contributed by atoms with Crippen molar-refractivity contribution >= 4 is 28.7 Å². The highest BCUT2D eigenvalue weighted by molar-refractivity contribution is 7.09. The van der Waals surface area contributed by atoms with Gasteiger partial charge in [0.1, 0.15) is 11.9 Å². The molecule has 2 aliphatic heterocycles. The third kappa shape index (κ3) is 4.98. The van der Waals surface area contributed by atoms with Crippen molar-refractivity contribution in [3.8, 4) is 0 Å². The van der Waals surface area contributed by atoms with E-state index in [1.54, 1.807) is 11.8 Å². The number of aromatic nitrogens is 2. The van der Waals surface area contributed by atoms with Gasteiger partial charge in [0.25, 0.3) is 0 Å². The van der Waals surface area contributed by atoms with Crippen LogP contribution in [0.25, 0.3) is 0 Å². The third-order valence-corrected chi connectivity index (χ3v) is 6.63. The molecule has 1 aromatic carbocycles. The Balaban J connectivity index is 1.37. The van der Waals surface area contributed by atoms with Crippen LogP contribution in [0, 0.1) is 6.92 Å². The van der Waals surface area contributed by atoms with Crippen LogP contribution in [0.5, 0.6) is 0 Å². The molecule has 0 radical (unpaired) electrons. The van der Waals surface area contributed by atoms with E-state index in [0.29, 0.717) is 39.2 Å². The molecule has 0 saturated carbocycles. The molecule has 0 N–H and O–H groups in total. The molecule has 9 heteroatoms. The van der Waals surface area contributed by atoms with Crippen molar-refractivity contribution in [3.63, 3.8) is 0 Å². The average molecular weight is 444 g/mol. The number of carbonyl (C=O) groups is 2. The number of amides is 2. The monoisotopic (exact) mass is 443 g/mol. The van der Waals surface area contributed by atoms with Crippen LogP contribution >= 0.6 is 11.5 Å². The lowest BCUT2D eigenvalue weighted by Crippen LogP contribution is -2.54. The van der Waals surface area contributed by atoms with Crippen molar-refractivity contribution in [1.29, 1.82) is 0 Å². The summed E-state index contributed by atoms with van der Waals surface area (Å²) in [5, 5.41) is 0.822. The first kappa shape index (κ1) is 21.5. The Labute approximate surface area is 187 Å². The highest BCUT2D eigenvalue weighted by Gasteiger charge is 2.37. The van der Waals surface area contributed by atoms with E-state index in [1.807, 2.05) is 4.90 Å². The number of benzene rings is 1. The molecule has 4 rings (SSSR count). The molecular formula is C22H29N5O3S. The van der Waals surface area contributed by atoms with Crippen molar-refractivity contribution < 1.29 is 14.3 Å². The summed E-state index contributed by atoms with van der Waals surface area (Å²) in [7, 11) is 0. The lowest BCUT2D eigenvalue weighted by atomic mass is 10.1. The largest absolute Gasteiger partial charge is 0.450 e. The minimum absolute atomic E-state index is 0.122. The van der Waals surface area contributed by atoms with Gasteiger partial charge in [0.05, 0.1) is 6.61 Å². The first-order valence-electron chi connectivity index (χ1n) is 10.9. The summed E-state index contributed by atoms with van der Waals surface area (Å²) in [5.74, 6) is 0.918. The molecule has 3 heterocycles. The second-order valence-corrected chi connectivity index (χ2v) is 8.75. The molecule has 0 bridgehead atoms. The number of ether oxygens (including phenoxy) is 1. The van der Waals surface area contributed by atoms with Gasteiger partial charge in [-0.15, -0.1) is 0 Å². The second-order valence-electron chi connectivity index (χ2n) is 8.02. The van der Waals surface area contributed by atoms with Gasteiger partial charge in [-0.25, -0.2) is 9.78 Å². The highest BCUT2D eigenvalue weighted by atomic mass is 32.1. The topological polar surface area (TPSA) is 78.9 Å². The molecule has 0 spiro atoms. The number of hydrogen-bond acceptors (Lipinski definition) is 7. The number of rotatable bonds is 5. The van der Waals surface area contributed by atoms with Gasteiger partial charge in [-0.1, -0.05) is 29.8 Å². The molecule has 0 aliphatic carbocycles. The molecule has 1 atom stereocenters. The Morgan fingerprint density at radius 3 is 2.52 bits per heavy atom. The van der Waals surface area contributed by atoms with E-state index < -0.39 is 0 Å². The molecule has 8 nitrogen and oxygen atoms in total. The maximum absolute atomic E-state index is 13.2.